The lowest BCUT2D eigenvalue weighted by molar-refractivity contribution is -0.384. The fourth-order valence-electron chi connectivity index (χ4n) is 1.01. The zero-order chi connectivity index (χ0) is 11.4. The van der Waals surface area contributed by atoms with Crippen LogP contribution < -0.4 is 5.32 Å². The third kappa shape index (κ3) is 2.66. The van der Waals surface area contributed by atoms with E-state index in [0.717, 1.165) is 6.07 Å². The van der Waals surface area contributed by atoms with Crippen LogP contribution in [0, 0.1) is 15.9 Å². The topological polar surface area (TPSA) is 55.2 Å². The molecular weight excluding hydrogens is 223 g/mol. The first-order valence-electron chi connectivity index (χ1n) is 4.04. The molecule has 0 aliphatic carbocycles. The summed E-state index contributed by atoms with van der Waals surface area (Å²) in [6, 6.07) is 1.96. The van der Waals surface area contributed by atoms with Crippen molar-refractivity contribution in [3.8, 4) is 0 Å². The van der Waals surface area contributed by atoms with Gasteiger partial charge in [0.15, 0.2) is 0 Å². The molecule has 0 saturated heterocycles. The second-order valence-electron chi connectivity index (χ2n) is 2.71. The Morgan fingerprint density at radius 1 is 1.67 bits per heavy atom. The third-order valence-electron chi connectivity index (χ3n) is 1.67. The zero-order valence-corrected chi connectivity index (χ0v) is 8.42. The highest BCUT2D eigenvalue weighted by atomic mass is 35.5. The Hall–Kier alpha value is -1.62. The highest BCUT2D eigenvalue weighted by Crippen LogP contribution is 2.29. The van der Waals surface area contributed by atoms with Crippen molar-refractivity contribution >= 4 is 23.0 Å². The first kappa shape index (κ1) is 11.5. The quantitative estimate of drug-likeness (QED) is 0.491. The molecule has 80 valence electrons. The minimum Gasteiger partial charge on any atom is -0.376 e. The molecule has 0 aliphatic rings. The van der Waals surface area contributed by atoms with Crippen molar-refractivity contribution in [1.29, 1.82) is 0 Å². The zero-order valence-electron chi connectivity index (χ0n) is 7.67. The summed E-state index contributed by atoms with van der Waals surface area (Å²) in [5.74, 6) is -0.812. The molecule has 6 heteroatoms. The number of rotatable bonds is 4. The van der Waals surface area contributed by atoms with Crippen LogP contribution in [0.5, 0.6) is 0 Å². The highest BCUT2D eigenvalue weighted by Gasteiger charge is 2.16. The number of nitrogens with one attached hydrogen (secondary N) is 1. The Labute approximate surface area is 90.5 Å². The summed E-state index contributed by atoms with van der Waals surface area (Å²) in [6.07, 6.45) is 1.53. The van der Waals surface area contributed by atoms with Crippen LogP contribution in [0.1, 0.15) is 0 Å². The van der Waals surface area contributed by atoms with Gasteiger partial charge >= 0.3 is 0 Å². The molecule has 0 unspecified atom stereocenters. The van der Waals surface area contributed by atoms with Gasteiger partial charge < -0.3 is 5.32 Å². The second-order valence-corrected chi connectivity index (χ2v) is 3.12. The summed E-state index contributed by atoms with van der Waals surface area (Å²) in [5.41, 5.74) is -0.176. The molecule has 15 heavy (non-hydrogen) atoms. The maximum Gasteiger partial charge on any atom is 0.295 e. The number of hydrogen-bond donors (Lipinski definition) is 1. The SMILES string of the molecule is C=CCNc1cc(Cl)c(F)cc1[N+](=O)[O-]. The van der Waals surface area contributed by atoms with E-state index < -0.39 is 10.7 Å². The van der Waals surface area contributed by atoms with E-state index in [1.165, 1.54) is 12.1 Å². The predicted octanol–water partition coefficient (Wildman–Crippen LogP) is 2.99. The smallest absolute Gasteiger partial charge is 0.295 e. The van der Waals surface area contributed by atoms with Gasteiger partial charge in [-0.2, -0.15) is 0 Å². The second kappa shape index (κ2) is 4.75. The molecule has 0 saturated carbocycles. The van der Waals surface area contributed by atoms with E-state index in [2.05, 4.69) is 11.9 Å². The Bertz CT molecular complexity index is 409. The van der Waals surface area contributed by atoms with Gasteiger partial charge in [-0.3, -0.25) is 10.1 Å². The molecule has 0 heterocycles. The van der Waals surface area contributed by atoms with E-state index in [0.29, 0.717) is 6.54 Å². The molecule has 0 bridgehead atoms. The first-order valence-corrected chi connectivity index (χ1v) is 4.42. The summed E-state index contributed by atoms with van der Waals surface area (Å²) >= 11 is 5.51. The fourth-order valence-corrected chi connectivity index (χ4v) is 1.17. The number of benzene rings is 1. The van der Waals surface area contributed by atoms with Gasteiger partial charge in [-0.05, 0) is 6.07 Å². The molecule has 0 amide bonds. The van der Waals surface area contributed by atoms with E-state index in [-0.39, 0.29) is 16.4 Å². The minimum atomic E-state index is -0.812. The number of hydrogen-bond acceptors (Lipinski definition) is 3. The lowest BCUT2D eigenvalue weighted by Crippen LogP contribution is -2.02. The highest BCUT2D eigenvalue weighted by molar-refractivity contribution is 6.31. The Kier molecular flexibility index (Phi) is 3.62. The lowest BCUT2D eigenvalue weighted by Gasteiger charge is -2.05. The maximum atomic E-state index is 13.0. The Morgan fingerprint density at radius 3 is 2.87 bits per heavy atom. The van der Waals surface area contributed by atoms with Crippen molar-refractivity contribution in [3.63, 3.8) is 0 Å². The summed E-state index contributed by atoms with van der Waals surface area (Å²) in [5, 5.41) is 13.1. The van der Waals surface area contributed by atoms with Gasteiger partial charge in [-0.25, -0.2) is 4.39 Å². The molecular formula is C9H8ClFN2O2. The predicted molar refractivity (Wildman–Crippen MR) is 56.8 cm³/mol. The molecule has 1 aromatic carbocycles. The van der Waals surface area contributed by atoms with E-state index in [4.69, 9.17) is 11.6 Å². The number of anilines is 1. The Morgan fingerprint density at radius 2 is 2.33 bits per heavy atom. The van der Waals surface area contributed by atoms with Gasteiger partial charge in [0.05, 0.1) is 16.0 Å². The number of nitro benzene ring substituents is 1. The van der Waals surface area contributed by atoms with Crippen molar-refractivity contribution in [2.45, 2.75) is 0 Å². The number of nitrogens with zero attached hydrogens (tertiary/aromatic N) is 1. The maximum absolute atomic E-state index is 13.0. The van der Waals surface area contributed by atoms with Crippen LogP contribution in [0.2, 0.25) is 5.02 Å². The van der Waals surface area contributed by atoms with Crippen LogP contribution in [0.3, 0.4) is 0 Å². The minimum absolute atomic E-state index is 0.160. The van der Waals surface area contributed by atoms with Crippen molar-refractivity contribution in [2.75, 3.05) is 11.9 Å². The molecule has 1 rings (SSSR count). The van der Waals surface area contributed by atoms with Gasteiger partial charge in [0, 0.05) is 6.54 Å². The standard InChI is InChI=1S/C9H8ClFN2O2/c1-2-3-12-8-4-6(10)7(11)5-9(8)13(14)15/h2,4-5,12H,1,3H2. The van der Waals surface area contributed by atoms with Crippen LogP contribution >= 0.6 is 11.6 Å². The number of nitro groups is 1. The lowest BCUT2D eigenvalue weighted by atomic mass is 10.2. The molecule has 0 spiro atoms. The van der Waals surface area contributed by atoms with Crippen LogP contribution in [0.15, 0.2) is 24.8 Å². The van der Waals surface area contributed by atoms with Gasteiger partial charge in [0.1, 0.15) is 11.5 Å². The molecule has 0 aliphatic heterocycles. The van der Waals surface area contributed by atoms with Crippen molar-refractivity contribution < 1.29 is 9.31 Å². The molecule has 1 N–H and O–H groups in total. The summed E-state index contributed by atoms with van der Waals surface area (Å²) in [7, 11) is 0. The monoisotopic (exact) mass is 230 g/mol. The molecule has 0 atom stereocenters. The molecule has 4 nitrogen and oxygen atoms in total. The largest absolute Gasteiger partial charge is 0.376 e. The van der Waals surface area contributed by atoms with Gasteiger partial charge in [0.2, 0.25) is 0 Å². The Balaban J connectivity index is 3.15. The normalized spacial score (nSPS) is 9.73. The number of halogens is 2. The molecule has 0 radical (unpaired) electrons. The average Bonchev–Trinajstić information content (AvgIpc) is 2.19. The molecule has 0 aromatic heterocycles. The van der Waals surface area contributed by atoms with E-state index >= 15 is 0 Å². The third-order valence-corrected chi connectivity index (χ3v) is 1.96. The molecule has 1 aromatic rings. The van der Waals surface area contributed by atoms with Crippen molar-refractivity contribution in [1.82, 2.24) is 0 Å². The van der Waals surface area contributed by atoms with Gasteiger partial charge in [-0.1, -0.05) is 17.7 Å². The van der Waals surface area contributed by atoms with Crippen LogP contribution in [-0.2, 0) is 0 Å². The van der Waals surface area contributed by atoms with Gasteiger partial charge in [-0.15, -0.1) is 6.58 Å². The van der Waals surface area contributed by atoms with Crippen molar-refractivity contribution in [2.24, 2.45) is 0 Å². The van der Waals surface area contributed by atoms with Gasteiger partial charge in [0.25, 0.3) is 5.69 Å². The molecule has 0 fully saturated rings. The van der Waals surface area contributed by atoms with Crippen molar-refractivity contribution in [3.05, 3.63) is 45.7 Å². The van der Waals surface area contributed by atoms with Crippen LogP contribution in [-0.4, -0.2) is 11.5 Å². The average molecular weight is 231 g/mol. The summed E-state index contributed by atoms with van der Waals surface area (Å²) in [6.45, 7) is 3.79. The van der Waals surface area contributed by atoms with E-state index in [9.17, 15) is 14.5 Å². The van der Waals surface area contributed by atoms with Crippen LogP contribution in [0.25, 0.3) is 0 Å². The van der Waals surface area contributed by atoms with E-state index in [1.54, 1.807) is 0 Å². The fraction of sp³-hybridized carbons (Fsp3) is 0.111. The van der Waals surface area contributed by atoms with Crippen LogP contribution in [0.4, 0.5) is 15.8 Å². The van der Waals surface area contributed by atoms with E-state index in [1.807, 2.05) is 0 Å². The summed E-state index contributed by atoms with van der Waals surface area (Å²) < 4.78 is 13.0. The first-order chi connectivity index (χ1) is 7.06. The summed E-state index contributed by atoms with van der Waals surface area (Å²) in [4.78, 5) is 9.90.